The SMILES string of the molecule is Cl.NC/C(=C\F)Cn1ncn(Cc2ccc(-c3cccc4ncccc34)s2)c1=O. The first-order valence-electron chi connectivity index (χ1n) is 8.73. The summed E-state index contributed by atoms with van der Waals surface area (Å²) in [6.07, 6.45) is 3.68. The van der Waals surface area contributed by atoms with E-state index in [2.05, 4.69) is 28.3 Å². The zero-order valence-electron chi connectivity index (χ0n) is 15.4. The van der Waals surface area contributed by atoms with E-state index in [4.69, 9.17) is 5.73 Å². The topological polar surface area (TPSA) is 78.7 Å². The summed E-state index contributed by atoms with van der Waals surface area (Å²) in [4.78, 5) is 19.0. The lowest BCUT2D eigenvalue weighted by Crippen LogP contribution is -2.26. The number of nitrogens with two attached hydrogens (primary N) is 1. The normalized spacial score (nSPS) is 11.6. The molecule has 0 aliphatic heterocycles. The first-order valence-corrected chi connectivity index (χ1v) is 9.54. The second-order valence-electron chi connectivity index (χ2n) is 6.31. The summed E-state index contributed by atoms with van der Waals surface area (Å²) < 4.78 is 15.4. The van der Waals surface area contributed by atoms with Crippen LogP contribution in [0.4, 0.5) is 4.39 Å². The maximum Gasteiger partial charge on any atom is 0.346 e. The van der Waals surface area contributed by atoms with E-state index in [0.29, 0.717) is 18.4 Å². The molecule has 4 rings (SSSR count). The predicted octanol–water partition coefficient (Wildman–Crippen LogP) is 3.60. The van der Waals surface area contributed by atoms with E-state index in [1.165, 1.54) is 15.6 Å². The molecule has 0 fully saturated rings. The van der Waals surface area contributed by atoms with Gasteiger partial charge in [-0.3, -0.25) is 9.55 Å². The molecule has 0 aliphatic carbocycles. The number of thiophene rings is 1. The summed E-state index contributed by atoms with van der Waals surface area (Å²) in [5.74, 6) is 0. The van der Waals surface area contributed by atoms with Crippen molar-refractivity contribution in [1.29, 1.82) is 0 Å². The van der Waals surface area contributed by atoms with Gasteiger partial charge in [-0.05, 0) is 29.8 Å². The Morgan fingerprint density at radius 3 is 2.86 bits per heavy atom. The van der Waals surface area contributed by atoms with Gasteiger partial charge in [-0.1, -0.05) is 18.2 Å². The standard InChI is InChI=1S/C20H18FN5OS.ClH/c21-9-14(10-22)11-26-20(27)25(13-24-26)12-15-6-7-19(28-15)17-3-1-5-18-16(17)4-2-8-23-18;/h1-9,13H,10-12,22H2;1H/b14-9+;. The molecule has 0 saturated heterocycles. The van der Waals surface area contributed by atoms with E-state index in [-0.39, 0.29) is 31.2 Å². The lowest BCUT2D eigenvalue weighted by molar-refractivity contribution is 0.604. The quantitative estimate of drug-likeness (QED) is 0.506. The Bertz CT molecular complexity index is 1210. The predicted molar refractivity (Wildman–Crippen MR) is 116 cm³/mol. The molecular weight excluding hydrogens is 413 g/mol. The zero-order chi connectivity index (χ0) is 19.5. The van der Waals surface area contributed by atoms with Gasteiger partial charge in [-0.15, -0.1) is 23.7 Å². The molecule has 9 heteroatoms. The fraction of sp³-hybridized carbons (Fsp3) is 0.150. The molecule has 3 aromatic heterocycles. The zero-order valence-corrected chi connectivity index (χ0v) is 17.0. The van der Waals surface area contributed by atoms with Crippen molar-refractivity contribution in [2.45, 2.75) is 13.1 Å². The number of hydrogen-bond donors (Lipinski definition) is 1. The van der Waals surface area contributed by atoms with Gasteiger partial charge < -0.3 is 5.73 Å². The number of aromatic nitrogens is 4. The average Bonchev–Trinajstić information content (AvgIpc) is 3.33. The Kier molecular flexibility index (Phi) is 6.58. The van der Waals surface area contributed by atoms with Gasteiger partial charge in [0, 0.05) is 33.4 Å². The molecule has 0 unspecified atom stereocenters. The van der Waals surface area contributed by atoms with E-state index in [9.17, 15) is 9.18 Å². The van der Waals surface area contributed by atoms with Crippen LogP contribution >= 0.6 is 23.7 Å². The Hall–Kier alpha value is -2.81. The van der Waals surface area contributed by atoms with Gasteiger partial charge in [0.25, 0.3) is 0 Å². The lowest BCUT2D eigenvalue weighted by Gasteiger charge is -2.03. The number of rotatable bonds is 6. The maximum atomic E-state index is 12.7. The number of nitrogens with zero attached hydrogens (tertiary/aromatic N) is 4. The van der Waals surface area contributed by atoms with Crippen LogP contribution in [-0.4, -0.2) is 25.9 Å². The maximum absolute atomic E-state index is 12.7. The van der Waals surface area contributed by atoms with Crippen molar-refractivity contribution in [2.24, 2.45) is 5.73 Å². The molecule has 6 nitrogen and oxygen atoms in total. The third-order valence-electron chi connectivity index (χ3n) is 4.47. The van der Waals surface area contributed by atoms with Crippen molar-refractivity contribution < 1.29 is 4.39 Å². The summed E-state index contributed by atoms with van der Waals surface area (Å²) in [7, 11) is 0. The molecule has 0 spiro atoms. The largest absolute Gasteiger partial charge is 0.346 e. The van der Waals surface area contributed by atoms with Crippen molar-refractivity contribution in [3.05, 3.63) is 82.3 Å². The molecule has 0 amide bonds. The highest BCUT2D eigenvalue weighted by atomic mass is 35.5. The molecule has 29 heavy (non-hydrogen) atoms. The number of fused-ring (bicyclic) bond motifs is 1. The summed E-state index contributed by atoms with van der Waals surface area (Å²) in [5, 5.41) is 5.15. The van der Waals surface area contributed by atoms with Crippen LogP contribution in [0, 0.1) is 0 Å². The van der Waals surface area contributed by atoms with Crippen molar-refractivity contribution in [3.8, 4) is 10.4 Å². The van der Waals surface area contributed by atoms with Crippen LogP contribution in [0.15, 0.2) is 71.7 Å². The molecule has 0 radical (unpaired) electrons. The van der Waals surface area contributed by atoms with Crippen molar-refractivity contribution in [3.63, 3.8) is 0 Å². The van der Waals surface area contributed by atoms with Gasteiger partial charge in [0.05, 0.1) is 24.9 Å². The minimum atomic E-state index is -0.294. The van der Waals surface area contributed by atoms with Crippen molar-refractivity contribution in [1.82, 2.24) is 19.3 Å². The van der Waals surface area contributed by atoms with E-state index in [1.807, 2.05) is 24.3 Å². The fourth-order valence-electron chi connectivity index (χ4n) is 3.02. The highest BCUT2D eigenvalue weighted by Crippen LogP contribution is 2.33. The lowest BCUT2D eigenvalue weighted by atomic mass is 10.1. The van der Waals surface area contributed by atoms with Crippen LogP contribution in [0.3, 0.4) is 0 Å². The van der Waals surface area contributed by atoms with E-state index < -0.39 is 0 Å². The first kappa shape index (κ1) is 20.9. The molecule has 2 N–H and O–H groups in total. The highest BCUT2D eigenvalue weighted by molar-refractivity contribution is 7.15. The molecule has 0 saturated carbocycles. The summed E-state index contributed by atoms with van der Waals surface area (Å²) in [6.45, 7) is 0.505. The average molecular weight is 432 g/mol. The Labute approximate surface area is 176 Å². The van der Waals surface area contributed by atoms with Crippen molar-refractivity contribution >= 4 is 34.6 Å². The second kappa shape index (κ2) is 9.13. The van der Waals surface area contributed by atoms with Gasteiger partial charge >= 0.3 is 5.69 Å². The number of pyridine rings is 1. The number of benzene rings is 1. The van der Waals surface area contributed by atoms with Crippen LogP contribution in [0.25, 0.3) is 21.3 Å². The minimum absolute atomic E-state index is 0. The monoisotopic (exact) mass is 431 g/mol. The Morgan fingerprint density at radius 1 is 1.21 bits per heavy atom. The second-order valence-corrected chi connectivity index (χ2v) is 7.48. The smallest absolute Gasteiger partial charge is 0.327 e. The van der Waals surface area contributed by atoms with Gasteiger partial charge in [-0.25, -0.2) is 13.9 Å². The molecule has 3 heterocycles. The summed E-state index contributed by atoms with van der Waals surface area (Å²) in [5.41, 5.74) is 7.53. The molecule has 1 aromatic carbocycles. The van der Waals surface area contributed by atoms with E-state index in [0.717, 1.165) is 26.2 Å². The Morgan fingerprint density at radius 2 is 2.07 bits per heavy atom. The number of hydrogen-bond acceptors (Lipinski definition) is 5. The molecule has 0 atom stereocenters. The third-order valence-corrected chi connectivity index (χ3v) is 5.57. The van der Waals surface area contributed by atoms with Gasteiger partial charge in [0.15, 0.2) is 0 Å². The van der Waals surface area contributed by atoms with Crippen LogP contribution < -0.4 is 11.4 Å². The fourth-order valence-corrected chi connectivity index (χ4v) is 4.06. The van der Waals surface area contributed by atoms with Crippen LogP contribution in [-0.2, 0) is 13.1 Å². The summed E-state index contributed by atoms with van der Waals surface area (Å²) >= 11 is 1.62. The van der Waals surface area contributed by atoms with Crippen LogP contribution in [0.5, 0.6) is 0 Å². The van der Waals surface area contributed by atoms with Crippen LogP contribution in [0.2, 0.25) is 0 Å². The van der Waals surface area contributed by atoms with Gasteiger partial charge in [-0.2, -0.15) is 5.10 Å². The molecule has 150 valence electrons. The van der Waals surface area contributed by atoms with Crippen molar-refractivity contribution in [2.75, 3.05) is 6.54 Å². The molecular formula is C20H19ClFN5OS. The number of halogens is 2. The third kappa shape index (κ3) is 4.29. The van der Waals surface area contributed by atoms with Gasteiger partial charge in [0.2, 0.25) is 0 Å². The van der Waals surface area contributed by atoms with Crippen LogP contribution in [0.1, 0.15) is 4.88 Å². The molecule has 4 aromatic rings. The van der Waals surface area contributed by atoms with E-state index in [1.54, 1.807) is 17.5 Å². The first-order chi connectivity index (χ1) is 13.7. The Balaban J connectivity index is 0.00000240. The molecule has 0 bridgehead atoms. The summed E-state index contributed by atoms with van der Waals surface area (Å²) in [6, 6.07) is 14.1. The van der Waals surface area contributed by atoms with E-state index >= 15 is 0 Å². The minimum Gasteiger partial charge on any atom is -0.327 e. The van der Waals surface area contributed by atoms with Gasteiger partial charge in [0.1, 0.15) is 6.33 Å². The molecule has 0 aliphatic rings. The highest BCUT2D eigenvalue weighted by Gasteiger charge is 2.11.